The Morgan fingerprint density at radius 3 is 2.50 bits per heavy atom. The maximum atomic E-state index is 11.2. The standard InChI is InChI=1S/C12H18O4/c1-5-10(16-12(14)9(3)4)7-8-15-11(13)6-2/h6,10H,2-3,5,7-8H2,1,4H3. The molecule has 0 fully saturated rings. The van der Waals surface area contributed by atoms with E-state index in [0.29, 0.717) is 18.4 Å². The third-order valence-corrected chi connectivity index (χ3v) is 1.93. The van der Waals surface area contributed by atoms with Crippen molar-refractivity contribution < 1.29 is 19.1 Å². The molecule has 0 aliphatic carbocycles. The summed E-state index contributed by atoms with van der Waals surface area (Å²) in [6.07, 6.45) is 2.00. The topological polar surface area (TPSA) is 52.6 Å². The third-order valence-electron chi connectivity index (χ3n) is 1.93. The number of hydrogen-bond donors (Lipinski definition) is 0. The molecule has 4 heteroatoms. The summed E-state index contributed by atoms with van der Waals surface area (Å²) in [5, 5.41) is 0. The molecule has 0 rings (SSSR count). The number of carbonyl (C=O) groups excluding carboxylic acids is 2. The number of carbonyl (C=O) groups is 2. The summed E-state index contributed by atoms with van der Waals surface area (Å²) in [4.78, 5) is 22.0. The third kappa shape index (κ3) is 6.01. The Balaban J connectivity index is 3.92. The van der Waals surface area contributed by atoms with Crippen molar-refractivity contribution in [2.24, 2.45) is 0 Å². The van der Waals surface area contributed by atoms with Gasteiger partial charge in [-0.15, -0.1) is 0 Å². The molecule has 0 amide bonds. The fraction of sp³-hybridized carbons (Fsp3) is 0.500. The molecule has 0 saturated heterocycles. The molecule has 0 spiro atoms. The first-order valence-corrected chi connectivity index (χ1v) is 5.16. The van der Waals surface area contributed by atoms with E-state index in [2.05, 4.69) is 13.2 Å². The number of esters is 2. The van der Waals surface area contributed by atoms with E-state index >= 15 is 0 Å². The van der Waals surface area contributed by atoms with Crippen molar-refractivity contribution in [3.8, 4) is 0 Å². The molecule has 0 aliphatic rings. The van der Waals surface area contributed by atoms with E-state index in [1.807, 2.05) is 6.92 Å². The van der Waals surface area contributed by atoms with Gasteiger partial charge >= 0.3 is 11.9 Å². The van der Waals surface area contributed by atoms with E-state index in [4.69, 9.17) is 9.47 Å². The van der Waals surface area contributed by atoms with E-state index in [1.54, 1.807) is 6.92 Å². The Hall–Kier alpha value is -1.58. The molecule has 4 nitrogen and oxygen atoms in total. The lowest BCUT2D eigenvalue weighted by Gasteiger charge is -2.15. The smallest absolute Gasteiger partial charge is 0.333 e. The van der Waals surface area contributed by atoms with Gasteiger partial charge in [0.2, 0.25) is 0 Å². The van der Waals surface area contributed by atoms with Gasteiger partial charge in [0.1, 0.15) is 6.10 Å². The summed E-state index contributed by atoms with van der Waals surface area (Å²) in [7, 11) is 0. The molecule has 1 unspecified atom stereocenters. The van der Waals surface area contributed by atoms with Crippen LogP contribution in [0.15, 0.2) is 24.8 Å². The summed E-state index contributed by atoms with van der Waals surface area (Å²) in [5.74, 6) is -0.886. The maximum Gasteiger partial charge on any atom is 0.333 e. The van der Waals surface area contributed by atoms with E-state index < -0.39 is 11.9 Å². The van der Waals surface area contributed by atoms with E-state index in [9.17, 15) is 9.59 Å². The predicted octanol–water partition coefficient (Wildman–Crippen LogP) is 2.00. The largest absolute Gasteiger partial charge is 0.462 e. The van der Waals surface area contributed by atoms with Crippen LogP contribution in [-0.4, -0.2) is 24.6 Å². The zero-order valence-electron chi connectivity index (χ0n) is 9.82. The van der Waals surface area contributed by atoms with Crippen LogP contribution in [0.2, 0.25) is 0 Å². The molecule has 0 aromatic rings. The Kier molecular flexibility index (Phi) is 6.92. The molecule has 0 N–H and O–H groups in total. The summed E-state index contributed by atoms with van der Waals surface area (Å²) in [5.41, 5.74) is 0.363. The van der Waals surface area contributed by atoms with Gasteiger partial charge in [-0.05, 0) is 13.3 Å². The SMILES string of the molecule is C=CC(=O)OCCC(CC)OC(=O)C(=C)C. The summed E-state index contributed by atoms with van der Waals surface area (Å²) < 4.78 is 9.92. The normalized spacial score (nSPS) is 11.4. The van der Waals surface area contributed by atoms with Crippen LogP contribution in [0.5, 0.6) is 0 Å². The van der Waals surface area contributed by atoms with Crippen molar-refractivity contribution >= 4 is 11.9 Å². The second-order valence-corrected chi connectivity index (χ2v) is 3.38. The molecule has 0 aromatic carbocycles. The molecule has 0 radical (unpaired) electrons. The highest BCUT2D eigenvalue weighted by Gasteiger charge is 2.13. The van der Waals surface area contributed by atoms with Crippen LogP contribution < -0.4 is 0 Å². The van der Waals surface area contributed by atoms with Crippen LogP contribution in [0.3, 0.4) is 0 Å². The Morgan fingerprint density at radius 1 is 1.44 bits per heavy atom. The predicted molar refractivity (Wildman–Crippen MR) is 60.8 cm³/mol. The first kappa shape index (κ1) is 14.4. The molecule has 0 bridgehead atoms. The van der Waals surface area contributed by atoms with Gasteiger partial charge in [0.15, 0.2) is 0 Å². The number of rotatable bonds is 7. The van der Waals surface area contributed by atoms with E-state index in [0.717, 1.165) is 6.08 Å². The van der Waals surface area contributed by atoms with Crippen molar-refractivity contribution in [1.82, 2.24) is 0 Å². The Morgan fingerprint density at radius 2 is 2.06 bits per heavy atom. The maximum absolute atomic E-state index is 11.2. The van der Waals surface area contributed by atoms with Crippen molar-refractivity contribution in [2.45, 2.75) is 32.8 Å². The van der Waals surface area contributed by atoms with Crippen molar-refractivity contribution in [2.75, 3.05) is 6.61 Å². The zero-order valence-corrected chi connectivity index (χ0v) is 9.82. The molecule has 0 aliphatic heterocycles. The average molecular weight is 226 g/mol. The van der Waals surface area contributed by atoms with Crippen molar-refractivity contribution in [3.05, 3.63) is 24.8 Å². The van der Waals surface area contributed by atoms with Crippen LogP contribution in [-0.2, 0) is 19.1 Å². The van der Waals surface area contributed by atoms with E-state index in [-0.39, 0.29) is 12.7 Å². The number of hydrogen-bond acceptors (Lipinski definition) is 4. The van der Waals surface area contributed by atoms with Crippen LogP contribution in [0.1, 0.15) is 26.7 Å². The van der Waals surface area contributed by atoms with Crippen LogP contribution in [0.25, 0.3) is 0 Å². The summed E-state index contributed by atoms with van der Waals surface area (Å²) in [6.45, 7) is 10.5. The zero-order chi connectivity index (χ0) is 12.6. The van der Waals surface area contributed by atoms with Crippen molar-refractivity contribution in [3.63, 3.8) is 0 Å². The van der Waals surface area contributed by atoms with Gasteiger partial charge in [-0.3, -0.25) is 0 Å². The van der Waals surface area contributed by atoms with Gasteiger partial charge in [0.25, 0.3) is 0 Å². The molecular weight excluding hydrogens is 208 g/mol. The first-order valence-electron chi connectivity index (χ1n) is 5.16. The average Bonchev–Trinajstić information content (AvgIpc) is 2.26. The van der Waals surface area contributed by atoms with Gasteiger partial charge in [-0.2, -0.15) is 0 Å². The van der Waals surface area contributed by atoms with Crippen LogP contribution >= 0.6 is 0 Å². The highest BCUT2D eigenvalue weighted by Crippen LogP contribution is 2.07. The minimum Gasteiger partial charge on any atom is -0.462 e. The van der Waals surface area contributed by atoms with Gasteiger partial charge in [0, 0.05) is 18.1 Å². The molecule has 90 valence electrons. The van der Waals surface area contributed by atoms with Gasteiger partial charge < -0.3 is 9.47 Å². The minimum absolute atomic E-state index is 0.215. The highest BCUT2D eigenvalue weighted by atomic mass is 16.6. The van der Waals surface area contributed by atoms with Crippen molar-refractivity contribution in [1.29, 1.82) is 0 Å². The van der Waals surface area contributed by atoms with Gasteiger partial charge in [-0.1, -0.05) is 20.1 Å². The Bertz CT molecular complexity index is 281. The minimum atomic E-state index is -0.471. The molecule has 0 saturated carbocycles. The first-order chi connectivity index (χ1) is 7.51. The lowest BCUT2D eigenvalue weighted by atomic mass is 10.2. The fourth-order valence-corrected chi connectivity index (χ4v) is 0.948. The van der Waals surface area contributed by atoms with Gasteiger partial charge in [-0.25, -0.2) is 9.59 Å². The Labute approximate surface area is 95.9 Å². The molecule has 0 heterocycles. The lowest BCUT2D eigenvalue weighted by Crippen LogP contribution is -2.20. The molecule has 1 atom stereocenters. The molecule has 16 heavy (non-hydrogen) atoms. The second-order valence-electron chi connectivity index (χ2n) is 3.38. The lowest BCUT2D eigenvalue weighted by molar-refractivity contribution is -0.146. The molecule has 0 aromatic heterocycles. The molecular formula is C12H18O4. The summed E-state index contributed by atoms with van der Waals surface area (Å²) >= 11 is 0. The van der Waals surface area contributed by atoms with Gasteiger partial charge in [0.05, 0.1) is 6.61 Å². The summed E-state index contributed by atoms with van der Waals surface area (Å²) in [6, 6.07) is 0. The van der Waals surface area contributed by atoms with E-state index in [1.165, 1.54) is 0 Å². The number of ether oxygens (including phenoxy) is 2. The highest BCUT2D eigenvalue weighted by molar-refractivity contribution is 5.87. The van der Waals surface area contributed by atoms with Crippen LogP contribution in [0.4, 0.5) is 0 Å². The quantitative estimate of drug-likeness (QED) is 0.492. The van der Waals surface area contributed by atoms with Crippen LogP contribution in [0, 0.1) is 0 Å². The fourth-order valence-electron chi connectivity index (χ4n) is 0.948. The monoisotopic (exact) mass is 226 g/mol. The second kappa shape index (κ2) is 7.68.